The number of rotatable bonds is 2. The van der Waals surface area contributed by atoms with E-state index in [1.54, 1.807) is 5.06 Å². The number of carbonyl (C=O) groups is 1. The van der Waals surface area contributed by atoms with Crippen LogP contribution in [-0.2, 0) is 9.63 Å². The van der Waals surface area contributed by atoms with E-state index < -0.39 is 0 Å². The molecule has 0 aliphatic carbocycles. The largest absolute Gasteiger partial charge is 0.349 e. The maximum atomic E-state index is 10.9. The highest BCUT2D eigenvalue weighted by Crippen LogP contribution is 2.25. The van der Waals surface area contributed by atoms with Crippen LogP contribution in [-0.4, -0.2) is 25.1 Å². The summed E-state index contributed by atoms with van der Waals surface area (Å²) in [6.07, 6.45) is 0. The van der Waals surface area contributed by atoms with Crippen molar-refractivity contribution in [1.29, 1.82) is 0 Å². The van der Waals surface area contributed by atoms with E-state index in [0.717, 1.165) is 11.3 Å². The number of benzene rings is 1. The Morgan fingerprint density at radius 2 is 2.35 bits per heavy atom. The molecule has 92 valence electrons. The van der Waals surface area contributed by atoms with Gasteiger partial charge in [-0.15, -0.1) is 0 Å². The molecule has 1 atom stereocenters. The van der Waals surface area contributed by atoms with E-state index in [9.17, 15) is 4.79 Å². The molecule has 1 aromatic rings. The molecule has 1 saturated heterocycles. The Kier molecular flexibility index (Phi) is 3.54. The summed E-state index contributed by atoms with van der Waals surface area (Å²) < 4.78 is 0. The van der Waals surface area contributed by atoms with Gasteiger partial charge >= 0.3 is 0 Å². The van der Waals surface area contributed by atoms with Gasteiger partial charge in [0.05, 0.1) is 24.9 Å². The van der Waals surface area contributed by atoms with Crippen molar-refractivity contribution in [2.45, 2.75) is 19.9 Å². The third-order valence-corrected chi connectivity index (χ3v) is 3.08. The van der Waals surface area contributed by atoms with Crippen molar-refractivity contribution in [2.75, 3.05) is 18.2 Å². The van der Waals surface area contributed by atoms with Crippen LogP contribution >= 0.6 is 11.6 Å². The maximum Gasteiger partial charge on any atom is 0.217 e. The van der Waals surface area contributed by atoms with E-state index >= 15 is 0 Å². The summed E-state index contributed by atoms with van der Waals surface area (Å²) in [6, 6.07) is 5.81. The predicted octanol–water partition coefficient (Wildman–Crippen LogP) is 1.90. The van der Waals surface area contributed by atoms with Crippen LogP contribution < -0.4 is 10.4 Å². The minimum Gasteiger partial charge on any atom is -0.349 e. The van der Waals surface area contributed by atoms with Gasteiger partial charge in [-0.1, -0.05) is 17.7 Å². The number of hydroxylamine groups is 1. The van der Waals surface area contributed by atoms with Crippen molar-refractivity contribution >= 4 is 23.2 Å². The molecule has 0 bridgehead atoms. The van der Waals surface area contributed by atoms with Gasteiger partial charge in [0, 0.05) is 11.9 Å². The zero-order valence-electron chi connectivity index (χ0n) is 9.87. The Hall–Kier alpha value is -1.26. The molecule has 1 aliphatic heterocycles. The van der Waals surface area contributed by atoms with Gasteiger partial charge in [-0.2, -0.15) is 0 Å². The van der Waals surface area contributed by atoms with Crippen molar-refractivity contribution < 1.29 is 9.63 Å². The van der Waals surface area contributed by atoms with Crippen molar-refractivity contribution in [3.8, 4) is 0 Å². The standard InChI is InChI=1S/C12H15ClN2O2/c1-8-3-4-11(5-12(8)13)15-6-10(7-17-15)14-9(2)16/h3-5,10H,6-7H2,1-2H3,(H,14,16). The van der Waals surface area contributed by atoms with Crippen LogP contribution in [0.3, 0.4) is 0 Å². The summed E-state index contributed by atoms with van der Waals surface area (Å²) in [4.78, 5) is 16.4. The fourth-order valence-corrected chi connectivity index (χ4v) is 1.95. The number of nitrogens with one attached hydrogen (secondary N) is 1. The van der Waals surface area contributed by atoms with E-state index in [4.69, 9.17) is 16.4 Å². The highest BCUT2D eigenvalue weighted by molar-refractivity contribution is 6.31. The van der Waals surface area contributed by atoms with E-state index in [2.05, 4.69) is 5.32 Å². The number of hydrogen-bond acceptors (Lipinski definition) is 3. The maximum absolute atomic E-state index is 10.9. The number of nitrogens with zero attached hydrogens (tertiary/aromatic N) is 1. The first kappa shape index (κ1) is 12.2. The molecule has 1 unspecified atom stereocenters. The lowest BCUT2D eigenvalue weighted by molar-refractivity contribution is -0.119. The molecule has 1 aromatic carbocycles. The molecular weight excluding hydrogens is 240 g/mol. The lowest BCUT2D eigenvalue weighted by atomic mass is 10.2. The number of halogens is 1. The van der Waals surface area contributed by atoms with Crippen LogP contribution in [0.1, 0.15) is 12.5 Å². The van der Waals surface area contributed by atoms with Gasteiger partial charge in [-0.25, -0.2) is 0 Å². The quantitative estimate of drug-likeness (QED) is 0.877. The molecule has 2 rings (SSSR count). The summed E-state index contributed by atoms with van der Waals surface area (Å²) in [6.45, 7) is 4.59. The van der Waals surface area contributed by atoms with Crippen molar-refractivity contribution in [3.05, 3.63) is 28.8 Å². The van der Waals surface area contributed by atoms with Gasteiger partial charge in [0.2, 0.25) is 5.91 Å². The second-order valence-corrected chi connectivity index (χ2v) is 4.59. The molecule has 0 aromatic heterocycles. The fraction of sp³-hybridized carbons (Fsp3) is 0.417. The Bertz CT molecular complexity index is 437. The average molecular weight is 255 g/mol. The number of aryl methyl sites for hydroxylation is 1. The normalized spacial score (nSPS) is 19.5. The number of anilines is 1. The van der Waals surface area contributed by atoms with Crippen LogP contribution in [0.2, 0.25) is 5.02 Å². The van der Waals surface area contributed by atoms with Crippen LogP contribution in [0.5, 0.6) is 0 Å². The third kappa shape index (κ3) is 2.90. The van der Waals surface area contributed by atoms with E-state index in [-0.39, 0.29) is 11.9 Å². The average Bonchev–Trinajstić information content (AvgIpc) is 2.69. The minimum atomic E-state index is -0.0395. The lowest BCUT2D eigenvalue weighted by Gasteiger charge is -2.17. The van der Waals surface area contributed by atoms with Gasteiger partial charge in [0.25, 0.3) is 0 Å². The number of amides is 1. The van der Waals surface area contributed by atoms with E-state index in [1.165, 1.54) is 6.92 Å². The van der Waals surface area contributed by atoms with E-state index in [0.29, 0.717) is 18.2 Å². The minimum absolute atomic E-state index is 0.0348. The lowest BCUT2D eigenvalue weighted by Crippen LogP contribution is -2.37. The molecule has 0 saturated carbocycles. The van der Waals surface area contributed by atoms with Gasteiger partial charge in [0.15, 0.2) is 0 Å². The summed E-state index contributed by atoms with van der Waals surface area (Å²) in [5.74, 6) is -0.0395. The number of carbonyl (C=O) groups excluding carboxylic acids is 1. The highest BCUT2D eigenvalue weighted by Gasteiger charge is 2.24. The molecule has 4 nitrogen and oxygen atoms in total. The Morgan fingerprint density at radius 1 is 1.59 bits per heavy atom. The van der Waals surface area contributed by atoms with Gasteiger partial charge in [-0.3, -0.25) is 14.7 Å². The summed E-state index contributed by atoms with van der Waals surface area (Å²) >= 11 is 6.06. The summed E-state index contributed by atoms with van der Waals surface area (Å²) in [5, 5.41) is 5.30. The molecule has 1 fully saturated rings. The molecular formula is C12H15ClN2O2. The second kappa shape index (κ2) is 4.94. The Balaban J connectivity index is 2.04. The summed E-state index contributed by atoms with van der Waals surface area (Å²) in [5.41, 5.74) is 1.95. The molecule has 17 heavy (non-hydrogen) atoms. The number of hydrogen-bond donors (Lipinski definition) is 1. The predicted molar refractivity (Wildman–Crippen MR) is 67.1 cm³/mol. The van der Waals surface area contributed by atoms with Crippen molar-refractivity contribution in [1.82, 2.24) is 5.32 Å². The molecule has 1 aliphatic rings. The van der Waals surface area contributed by atoms with Crippen LogP contribution in [0, 0.1) is 6.92 Å². The molecule has 0 radical (unpaired) electrons. The fourth-order valence-electron chi connectivity index (χ4n) is 1.78. The first-order valence-electron chi connectivity index (χ1n) is 5.50. The summed E-state index contributed by atoms with van der Waals surface area (Å²) in [7, 11) is 0. The third-order valence-electron chi connectivity index (χ3n) is 2.67. The van der Waals surface area contributed by atoms with Gasteiger partial charge in [0.1, 0.15) is 0 Å². The van der Waals surface area contributed by atoms with Gasteiger partial charge in [-0.05, 0) is 24.6 Å². The topological polar surface area (TPSA) is 41.6 Å². The molecule has 1 heterocycles. The van der Waals surface area contributed by atoms with Gasteiger partial charge < -0.3 is 5.32 Å². The van der Waals surface area contributed by atoms with Crippen LogP contribution in [0.25, 0.3) is 0 Å². The van der Waals surface area contributed by atoms with Crippen molar-refractivity contribution in [2.24, 2.45) is 0 Å². The second-order valence-electron chi connectivity index (χ2n) is 4.19. The van der Waals surface area contributed by atoms with Crippen LogP contribution in [0.4, 0.5) is 5.69 Å². The SMILES string of the molecule is CC(=O)NC1CON(c2ccc(C)c(Cl)c2)C1. The Labute approximate surface area is 105 Å². The van der Waals surface area contributed by atoms with Crippen LogP contribution in [0.15, 0.2) is 18.2 Å². The smallest absolute Gasteiger partial charge is 0.217 e. The Morgan fingerprint density at radius 3 is 3.00 bits per heavy atom. The molecule has 1 amide bonds. The first-order valence-corrected chi connectivity index (χ1v) is 5.88. The zero-order chi connectivity index (χ0) is 12.4. The molecule has 5 heteroatoms. The highest BCUT2D eigenvalue weighted by atomic mass is 35.5. The monoisotopic (exact) mass is 254 g/mol. The first-order chi connectivity index (χ1) is 8.06. The molecule has 0 spiro atoms. The van der Waals surface area contributed by atoms with Crippen molar-refractivity contribution in [3.63, 3.8) is 0 Å². The van der Waals surface area contributed by atoms with E-state index in [1.807, 2.05) is 25.1 Å². The molecule has 1 N–H and O–H groups in total. The zero-order valence-corrected chi connectivity index (χ0v) is 10.6.